The number of nitrogens with one attached hydrogen (secondary N) is 1. The largest absolute Gasteiger partial charge is 0.389 e. The van der Waals surface area contributed by atoms with Crippen molar-refractivity contribution >= 4 is 11.6 Å². The van der Waals surface area contributed by atoms with Gasteiger partial charge in [-0.2, -0.15) is 0 Å². The number of imidazole rings is 1. The zero-order valence-electron chi connectivity index (χ0n) is 9.54. The van der Waals surface area contributed by atoms with Crippen LogP contribution in [0.1, 0.15) is 31.5 Å². The Kier molecular flexibility index (Phi) is 3.52. The minimum absolute atomic E-state index is 0.505. The van der Waals surface area contributed by atoms with Crippen LogP contribution in [0, 0.1) is 0 Å². The lowest BCUT2D eigenvalue weighted by atomic mass is 10.0. The molecule has 4 nitrogen and oxygen atoms in total. The number of nitrogens with zero attached hydrogens (tertiary/aromatic N) is 2. The molecule has 2 rings (SSSR count). The predicted molar refractivity (Wildman–Crippen MR) is 63.3 cm³/mol. The highest BCUT2D eigenvalue weighted by Crippen LogP contribution is 2.28. The van der Waals surface area contributed by atoms with Crippen LogP contribution in [0.4, 0.5) is 0 Å². The van der Waals surface area contributed by atoms with Crippen molar-refractivity contribution in [2.45, 2.75) is 37.8 Å². The molecule has 5 heteroatoms. The van der Waals surface area contributed by atoms with Crippen molar-refractivity contribution in [2.75, 3.05) is 6.54 Å². The fourth-order valence-electron chi connectivity index (χ4n) is 2.21. The van der Waals surface area contributed by atoms with E-state index in [0.717, 1.165) is 31.5 Å². The molecule has 2 N–H and O–H groups in total. The molecule has 90 valence electrons. The second-order valence-corrected chi connectivity index (χ2v) is 4.98. The summed E-state index contributed by atoms with van der Waals surface area (Å²) in [5.41, 5.74) is -0.505. The molecule has 1 heterocycles. The van der Waals surface area contributed by atoms with Gasteiger partial charge < -0.3 is 15.0 Å². The van der Waals surface area contributed by atoms with Crippen molar-refractivity contribution in [3.8, 4) is 0 Å². The van der Waals surface area contributed by atoms with Gasteiger partial charge in [-0.1, -0.05) is 24.4 Å². The van der Waals surface area contributed by atoms with Gasteiger partial charge >= 0.3 is 0 Å². The summed E-state index contributed by atoms with van der Waals surface area (Å²) in [6.07, 6.45) is 5.71. The van der Waals surface area contributed by atoms with Crippen molar-refractivity contribution in [3.05, 3.63) is 17.2 Å². The predicted octanol–water partition coefficient (Wildman–Crippen LogP) is 1.47. The summed E-state index contributed by atoms with van der Waals surface area (Å²) >= 11 is 5.89. The van der Waals surface area contributed by atoms with Crippen LogP contribution in [0.5, 0.6) is 0 Å². The highest BCUT2D eigenvalue weighted by molar-refractivity contribution is 6.29. The summed E-state index contributed by atoms with van der Waals surface area (Å²) in [4.78, 5) is 4.19. The third-order valence-corrected chi connectivity index (χ3v) is 3.65. The maximum Gasteiger partial charge on any atom is 0.128 e. The van der Waals surface area contributed by atoms with Gasteiger partial charge in [0.2, 0.25) is 0 Å². The molecule has 0 radical (unpaired) electrons. The minimum Gasteiger partial charge on any atom is -0.389 e. The Morgan fingerprint density at radius 3 is 2.81 bits per heavy atom. The first-order valence-electron chi connectivity index (χ1n) is 5.70. The number of hydrogen-bond acceptors (Lipinski definition) is 3. The van der Waals surface area contributed by atoms with Crippen molar-refractivity contribution in [2.24, 2.45) is 7.05 Å². The van der Waals surface area contributed by atoms with E-state index in [0.29, 0.717) is 18.2 Å². The van der Waals surface area contributed by atoms with Crippen molar-refractivity contribution in [1.29, 1.82) is 0 Å². The maximum atomic E-state index is 10.1. The van der Waals surface area contributed by atoms with E-state index in [1.54, 1.807) is 6.20 Å². The molecule has 1 saturated carbocycles. The second-order valence-electron chi connectivity index (χ2n) is 4.59. The van der Waals surface area contributed by atoms with Gasteiger partial charge in [0.1, 0.15) is 11.0 Å². The van der Waals surface area contributed by atoms with Crippen LogP contribution < -0.4 is 5.32 Å². The first-order valence-corrected chi connectivity index (χ1v) is 6.08. The Bertz CT molecular complexity index is 358. The molecule has 1 aromatic heterocycles. The highest BCUT2D eigenvalue weighted by atomic mass is 35.5. The van der Waals surface area contributed by atoms with Crippen LogP contribution in [0.15, 0.2) is 6.20 Å². The quantitative estimate of drug-likeness (QED) is 0.842. The van der Waals surface area contributed by atoms with Gasteiger partial charge in [-0.3, -0.25) is 0 Å². The average molecular weight is 244 g/mol. The van der Waals surface area contributed by atoms with Gasteiger partial charge in [-0.05, 0) is 12.8 Å². The van der Waals surface area contributed by atoms with Crippen LogP contribution >= 0.6 is 11.6 Å². The number of aliphatic hydroxyl groups is 1. The SMILES string of the molecule is Cn1c(Cl)cnc1CNCC1(O)CCCC1. The van der Waals surface area contributed by atoms with E-state index in [1.807, 2.05) is 11.6 Å². The first-order chi connectivity index (χ1) is 7.61. The Labute approximate surface area is 101 Å². The molecule has 0 atom stereocenters. The summed E-state index contributed by atoms with van der Waals surface area (Å²) < 4.78 is 1.84. The topological polar surface area (TPSA) is 50.1 Å². The number of halogens is 1. The van der Waals surface area contributed by atoms with Gasteiger partial charge in [-0.25, -0.2) is 4.98 Å². The Morgan fingerprint density at radius 2 is 2.25 bits per heavy atom. The molecule has 1 aromatic rings. The lowest BCUT2D eigenvalue weighted by Gasteiger charge is -2.22. The summed E-state index contributed by atoms with van der Waals surface area (Å²) in [5, 5.41) is 14.0. The minimum atomic E-state index is -0.505. The summed E-state index contributed by atoms with van der Waals surface area (Å²) in [7, 11) is 1.89. The summed E-state index contributed by atoms with van der Waals surface area (Å²) in [6.45, 7) is 1.28. The van der Waals surface area contributed by atoms with Crippen molar-refractivity contribution in [1.82, 2.24) is 14.9 Å². The number of aromatic nitrogens is 2. The molecule has 0 bridgehead atoms. The molecule has 1 fully saturated rings. The van der Waals surface area contributed by atoms with Crippen LogP contribution in [0.25, 0.3) is 0 Å². The number of hydrogen-bond donors (Lipinski definition) is 2. The second kappa shape index (κ2) is 4.73. The molecule has 0 aromatic carbocycles. The monoisotopic (exact) mass is 243 g/mol. The molecule has 0 unspecified atom stereocenters. The van der Waals surface area contributed by atoms with E-state index in [9.17, 15) is 5.11 Å². The molecule has 0 spiro atoms. The fraction of sp³-hybridized carbons (Fsp3) is 0.727. The maximum absolute atomic E-state index is 10.1. The van der Waals surface area contributed by atoms with E-state index >= 15 is 0 Å². The molecule has 0 saturated heterocycles. The van der Waals surface area contributed by atoms with E-state index in [-0.39, 0.29) is 0 Å². The molecule has 0 amide bonds. The van der Waals surface area contributed by atoms with E-state index in [1.165, 1.54) is 0 Å². The molecular formula is C11H18ClN3O. The van der Waals surface area contributed by atoms with Crippen molar-refractivity contribution in [3.63, 3.8) is 0 Å². The third-order valence-electron chi connectivity index (χ3n) is 3.30. The molecule has 1 aliphatic carbocycles. The Hall–Kier alpha value is -0.580. The number of rotatable bonds is 4. The third kappa shape index (κ3) is 2.56. The zero-order chi connectivity index (χ0) is 11.6. The van der Waals surface area contributed by atoms with Gasteiger partial charge in [0.15, 0.2) is 0 Å². The van der Waals surface area contributed by atoms with Crippen LogP contribution in [0.3, 0.4) is 0 Å². The van der Waals surface area contributed by atoms with Crippen LogP contribution in [0.2, 0.25) is 5.15 Å². The van der Waals surface area contributed by atoms with Gasteiger partial charge in [0.25, 0.3) is 0 Å². The van der Waals surface area contributed by atoms with Crippen LogP contribution in [-0.2, 0) is 13.6 Å². The molecule has 16 heavy (non-hydrogen) atoms. The fourth-order valence-corrected chi connectivity index (χ4v) is 2.35. The van der Waals surface area contributed by atoms with E-state index in [4.69, 9.17) is 11.6 Å². The lowest BCUT2D eigenvalue weighted by Crippen LogP contribution is -2.38. The van der Waals surface area contributed by atoms with Gasteiger partial charge in [-0.15, -0.1) is 0 Å². The van der Waals surface area contributed by atoms with Gasteiger partial charge in [0, 0.05) is 13.6 Å². The average Bonchev–Trinajstić information content (AvgIpc) is 2.80. The summed E-state index contributed by atoms with van der Waals surface area (Å²) in [6, 6.07) is 0. The molecule has 1 aliphatic rings. The lowest BCUT2D eigenvalue weighted by molar-refractivity contribution is 0.0472. The van der Waals surface area contributed by atoms with E-state index in [2.05, 4.69) is 10.3 Å². The van der Waals surface area contributed by atoms with Gasteiger partial charge in [0.05, 0.1) is 18.3 Å². The van der Waals surface area contributed by atoms with E-state index < -0.39 is 5.60 Å². The first kappa shape index (κ1) is 11.9. The Morgan fingerprint density at radius 1 is 1.56 bits per heavy atom. The zero-order valence-corrected chi connectivity index (χ0v) is 10.3. The Balaban J connectivity index is 1.82. The molecular weight excluding hydrogens is 226 g/mol. The highest BCUT2D eigenvalue weighted by Gasteiger charge is 2.30. The normalized spacial score (nSPS) is 19.2. The smallest absolute Gasteiger partial charge is 0.128 e. The van der Waals surface area contributed by atoms with Crippen molar-refractivity contribution < 1.29 is 5.11 Å². The molecule has 0 aliphatic heterocycles. The summed E-state index contributed by atoms with van der Waals surface area (Å²) in [5.74, 6) is 0.895. The standard InChI is InChI=1S/C11H18ClN3O/c1-15-9(12)6-14-10(15)7-13-8-11(16)4-2-3-5-11/h6,13,16H,2-5,7-8H2,1H3. The van der Waals surface area contributed by atoms with Crippen LogP contribution in [-0.4, -0.2) is 26.8 Å².